The Labute approximate surface area is 180 Å². The van der Waals surface area contributed by atoms with Crippen LogP contribution in [0.25, 0.3) is 22.4 Å². The molecule has 0 atom stereocenters. The molecule has 1 amide bonds. The van der Waals surface area contributed by atoms with Crippen LogP contribution in [0.2, 0.25) is 0 Å². The average molecular weight is 422 g/mol. The molecule has 1 N–H and O–H groups in total. The molecule has 1 aromatic carbocycles. The Kier molecular flexibility index (Phi) is 6.25. The number of hydrogen-bond donors (Lipinski definition) is 1. The SMILES string of the molecule is CCn1c(=O)n(CC(=O)NC2CCCCCC2)c(=O)c2cnc(-c3ccccc3)nc21. The molecular weight excluding hydrogens is 394 g/mol. The lowest BCUT2D eigenvalue weighted by Gasteiger charge is -2.17. The first-order valence-corrected chi connectivity index (χ1v) is 10.9. The summed E-state index contributed by atoms with van der Waals surface area (Å²) >= 11 is 0. The van der Waals surface area contributed by atoms with E-state index >= 15 is 0 Å². The van der Waals surface area contributed by atoms with Crippen molar-refractivity contribution in [2.75, 3.05) is 0 Å². The van der Waals surface area contributed by atoms with E-state index in [1.165, 1.54) is 23.6 Å². The fourth-order valence-corrected chi connectivity index (χ4v) is 4.19. The number of nitrogens with zero attached hydrogens (tertiary/aromatic N) is 4. The van der Waals surface area contributed by atoms with Crippen molar-refractivity contribution in [2.24, 2.45) is 0 Å². The zero-order chi connectivity index (χ0) is 21.8. The standard InChI is InChI=1S/C23H27N5O3/c1-2-27-21-18(14-24-20(26-21)16-10-6-5-7-11-16)22(30)28(23(27)31)15-19(29)25-17-12-8-3-4-9-13-17/h5-7,10-11,14,17H,2-4,8-9,12-13,15H2,1H3,(H,25,29). The first-order valence-electron chi connectivity index (χ1n) is 10.9. The lowest BCUT2D eigenvalue weighted by Crippen LogP contribution is -2.45. The predicted molar refractivity (Wildman–Crippen MR) is 119 cm³/mol. The van der Waals surface area contributed by atoms with E-state index < -0.39 is 11.2 Å². The van der Waals surface area contributed by atoms with Gasteiger partial charge in [-0.25, -0.2) is 14.8 Å². The third-order valence-corrected chi connectivity index (χ3v) is 5.83. The molecule has 0 radical (unpaired) electrons. The van der Waals surface area contributed by atoms with E-state index in [9.17, 15) is 14.4 Å². The van der Waals surface area contributed by atoms with Crippen LogP contribution in [0.5, 0.6) is 0 Å². The quantitative estimate of drug-likeness (QED) is 0.638. The number of rotatable bonds is 5. The van der Waals surface area contributed by atoms with Crippen LogP contribution in [-0.2, 0) is 17.9 Å². The van der Waals surface area contributed by atoms with Gasteiger partial charge in [0.25, 0.3) is 5.56 Å². The van der Waals surface area contributed by atoms with Gasteiger partial charge in [0.15, 0.2) is 11.5 Å². The number of hydrogen-bond acceptors (Lipinski definition) is 5. The van der Waals surface area contributed by atoms with E-state index in [-0.39, 0.29) is 29.5 Å². The van der Waals surface area contributed by atoms with Gasteiger partial charge in [0.1, 0.15) is 11.9 Å². The summed E-state index contributed by atoms with van der Waals surface area (Å²) in [7, 11) is 0. The van der Waals surface area contributed by atoms with Gasteiger partial charge in [0.05, 0.1) is 0 Å². The van der Waals surface area contributed by atoms with E-state index in [0.717, 1.165) is 35.8 Å². The summed E-state index contributed by atoms with van der Waals surface area (Å²) in [5.41, 5.74) is 0.00675. The molecular formula is C23H27N5O3. The summed E-state index contributed by atoms with van der Waals surface area (Å²) in [6.07, 6.45) is 7.86. The fourth-order valence-electron chi connectivity index (χ4n) is 4.19. The smallest absolute Gasteiger partial charge is 0.333 e. The summed E-state index contributed by atoms with van der Waals surface area (Å²) in [6.45, 7) is 1.83. The topological polar surface area (TPSA) is 98.9 Å². The van der Waals surface area contributed by atoms with Gasteiger partial charge in [-0.3, -0.25) is 18.7 Å². The molecule has 1 aliphatic rings. The number of aryl methyl sites for hydroxylation is 1. The summed E-state index contributed by atoms with van der Waals surface area (Å²) in [4.78, 5) is 47.5. The van der Waals surface area contributed by atoms with Crippen molar-refractivity contribution < 1.29 is 4.79 Å². The lowest BCUT2D eigenvalue weighted by atomic mass is 10.1. The Balaban J connectivity index is 1.69. The van der Waals surface area contributed by atoms with Gasteiger partial charge in [0.2, 0.25) is 5.91 Å². The molecule has 0 saturated heterocycles. The molecule has 8 nitrogen and oxygen atoms in total. The van der Waals surface area contributed by atoms with Crippen LogP contribution in [0.1, 0.15) is 45.4 Å². The molecule has 1 saturated carbocycles. The number of benzene rings is 1. The summed E-state index contributed by atoms with van der Waals surface area (Å²) in [6, 6.07) is 9.49. The molecule has 3 aromatic rings. The number of aromatic nitrogens is 4. The molecule has 4 rings (SSSR count). The zero-order valence-electron chi connectivity index (χ0n) is 17.7. The van der Waals surface area contributed by atoms with Crippen LogP contribution in [0.15, 0.2) is 46.1 Å². The van der Waals surface area contributed by atoms with Crippen molar-refractivity contribution in [3.63, 3.8) is 0 Å². The molecule has 0 unspecified atom stereocenters. The molecule has 1 fully saturated rings. The van der Waals surface area contributed by atoms with Crippen molar-refractivity contribution >= 4 is 16.9 Å². The maximum atomic E-state index is 13.1. The number of amides is 1. The van der Waals surface area contributed by atoms with Gasteiger partial charge in [-0.15, -0.1) is 0 Å². The number of carbonyl (C=O) groups excluding carboxylic acids is 1. The van der Waals surface area contributed by atoms with Gasteiger partial charge in [-0.2, -0.15) is 0 Å². The van der Waals surface area contributed by atoms with E-state index in [2.05, 4.69) is 15.3 Å². The highest BCUT2D eigenvalue weighted by Gasteiger charge is 2.19. The van der Waals surface area contributed by atoms with Crippen LogP contribution >= 0.6 is 0 Å². The Morgan fingerprint density at radius 2 is 1.77 bits per heavy atom. The molecule has 0 spiro atoms. The first-order chi connectivity index (χ1) is 15.1. The molecule has 1 aliphatic carbocycles. The molecule has 31 heavy (non-hydrogen) atoms. The maximum absolute atomic E-state index is 13.1. The Hall–Kier alpha value is -3.29. The third kappa shape index (κ3) is 4.42. The Morgan fingerprint density at radius 3 is 2.45 bits per heavy atom. The second-order valence-electron chi connectivity index (χ2n) is 7.97. The highest BCUT2D eigenvalue weighted by atomic mass is 16.2. The normalized spacial score (nSPS) is 15.0. The molecule has 0 aliphatic heterocycles. The van der Waals surface area contributed by atoms with Crippen LogP contribution < -0.4 is 16.6 Å². The van der Waals surface area contributed by atoms with Crippen LogP contribution in [0.3, 0.4) is 0 Å². The van der Waals surface area contributed by atoms with E-state index in [1.807, 2.05) is 37.3 Å². The summed E-state index contributed by atoms with van der Waals surface area (Å²) < 4.78 is 2.41. The van der Waals surface area contributed by atoms with Crippen molar-refractivity contribution in [3.8, 4) is 11.4 Å². The van der Waals surface area contributed by atoms with Gasteiger partial charge in [-0.1, -0.05) is 56.0 Å². The lowest BCUT2D eigenvalue weighted by molar-refractivity contribution is -0.122. The largest absolute Gasteiger partial charge is 0.352 e. The van der Waals surface area contributed by atoms with Gasteiger partial charge in [-0.05, 0) is 19.8 Å². The Morgan fingerprint density at radius 1 is 1.06 bits per heavy atom. The van der Waals surface area contributed by atoms with Crippen LogP contribution in [0, 0.1) is 0 Å². The first kappa shape index (κ1) is 21.0. The fraction of sp³-hybridized carbons (Fsp3) is 0.435. The number of carbonyl (C=O) groups is 1. The average Bonchev–Trinajstić information content (AvgIpc) is 3.06. The monoisotopic (exact) mass is 421 g/mol. The van der Waals surface area contributed by atoms with E-state index in [1.54, 1.807) is 0 Å². The highest BCUT2D eigenvalue weighted by Crippen LogP contribution is 2.17. The van der Waals surface area contributed by atoms with E-state index in [0.29, 0.717) is 12.4 Å². The van der Waals surface area contributed by atoms with Crippen molar-refractivity contribution in [2.45, 2.75) is 64.6 Å². The second-order valence-corrected chi connectivity index (χ2v) is 7.97. The van der Waals surface area contributed by atoms with Crippen LogP contribution in [-0.4, -0.2) is 31.1 Å². The molecule has 0 bridgehead atoms. The summed E-state index contributed by atoms with van der Waals surface area (Å²) in [5, 5.41) is 3.23. The van der Waals surface area contributed by atoms with Gasteiger partial charge in [0, 0.05) is 24.3 Å². The van der Waals surface area contributed by atoms with Gasteiger partial charge < -0.3 is 5.32 Å². The Bertz CT molecular complexity index is 1190. The molecule has 162 valence electrons. The van der Waals surface area contributed by atoms with Crippen molar-refractivity contribution in [3.05, 3.63) is 57.4 Å². The van der Waals surface area contributed by atoms with Crippen molar-refractivity contribution in [1.29, 1.82) is 0 Å². The molecule has 2 aromatic heterocycles. The molecule has 8 heteroatoms. The minimum absolute atomic E-state index is 0.108. The van der Waals surface area contributed by atoms with E-state index in [4.69, 9.17) is 0 Å². The minimum atomic E-state index is -0.541. The number of nitrogens with one attached hydrogen (secondary N) is 1. The third-order valence-electron chi connectivity index (χ3n) is 5.83. The van der Waals surface area contributed by atoms with Gasteiger partial charge >= 0.3 is 5.69 Å². The molecule has 2 heterocycles. The van der Waals surface area contributed by atoms with Crippen LogP contribution in [0.4, 0.5) is 0 Å². The summed E-state index contributed by atoms with van der Waals surface area (Å²) in [5.74, 6) is 0.132. The number of fused-ring (bicyclic) bond motifs is 1. The maximum Gasteiger partial charge on any atom is 0.333 e. The highest BCUT2D eigenvalue weighted by molar-refractivity contribution is 5.78. The predicted octanol–water partition coefficient (Wildman–Crippen LogP) is 2.48. The zero-order valence-corrected chi connectivity index (χ0v) is 17.7. The minimum Gasteiger partial charge on any atom is -0.352 e. The van der Waals surface area contributed by atoms with Crippen molar-refractivity contribution in [1.82, 2.24) is 24.4 Å². The second kappa shape index (κ2) is 9.24.